The Labute approximate surface area is 204 Å². The Kier molecular flexibility index (Phi) is 6.63. The Morgan fingerprint density at radius 2 is 1.74 bits per heavy atom. The van der Waals surface area contributed by atoms with Crippen LogP contribution in [0, 0.1) is 0 Å². The highest BCUT2D eigenvalue weighted by Crippen LogP contribution is 2.25. The molecule has 0 N–H and O–H groups in total. The van der Waals surface area contributed by atoms with E-state index in [4.69, 9.17) is 11.6 Å². The third-order valence-electron chi connectivity index (χ3n) is 5.69. The Balaban J connectivity index is 1.59. The molecule has 1 aromatic heterocycles. The average molecular weight is 497 g/mol. The van der Waals surface area contributed by atoms with Gasteiger partial charge in [0.25, 0.3) is 15.9 Å². The van der Waals surface area contributed by atoms with Crippen molar-refractivity contribution in [2.24, 2.45) is 0 Å². The number of aromatic nitrogens is 2. The van der Waals surface area contributed by atoms with E-state index in [1.807, 2.05) is 31.2 Å². The fraction of sp³-hybridized carbons (Fsp3) is 0.200. The number of fused-ring (bicyclic) bond motifs is 1. The standard InChI is InChI=1S/C25H25ClN4O3S/c1-4-30-23-14-6-5-13-22(23)27-24(30)17-28(2)25(31)18-9-7-12-21(15-18)34(32,33)29(3)20-11-8-10-19(26)16-20/h5-16H,4,17H2,1-3H3. The molecule has 9 heteroatoms. The smallest absolute Gasteiger partial charge is 0.264 e. The minimum absolute atomic E-state index is 0.0232. The highest BCUT2D eigenvalue weighted by atomic mass is 35.5. The van der Waals surface area contributed by atoms with E-state index in [0.717, 1.165) is 27.7 Å². The highest BCUT2D eigenvalue weighted by molar-refractivity contribution is 7.92. The predicted octanol–water partition coefficient (Wildman–Crippen LogP) is 4.81. The first-order chi connectivity index (χ1) is 16.2. The number of carbonyl (C=O) groups is 1. The van der Waals surface area contributed by atoms with Crippen molar-refractivity contribution >= 4 is 44.3 Å². The molecule has 0 aliphatic rings. The molecule has 0 aliphatic carbocycles. The number of benzene rings is 3. The van der Waals surface area contributed by atoms with Crippen LogP contribution in [0.4, 0.5) is 5.69 Å². The largest absolute Gasteiger partial charge is 0.334 e. The molecular weight excluding hydrogens is 472 g/mol. The lowest BCUT2D eigenvalue weighted by molar-refractivity contribution is 0.0780. The first kappa shape index (κ1) is 23.8. The molecule has 0 spiro atoms. The zero-order valence-electron chi connectivity index (χ0n) is 19.1. The van der Waals surface area contributed by atoms with E-state index < -0.39 is 10.0 Å². The van der Waals surface area contributed by atoms with Crippen LogP contribution in [0.15, 0.2) is 77.7 Å². The number of carbonyl (C=O) groups excluding carboxylic acids is 1. The Morgan fingerprint density at radius 1 is 1.00 bits per heavy atom. The highest BCUT2D eigenvalue weighted by Gasteiger charge is 2.24. The summed E-state index contributed by atoms with van der Waals surface area (Å²) in [6, 6.07) is 20.5. The lowest BCUT2D eigenvalue weighted by Crippen LogP contribution is -2.29. The third-order valence-corrected chi connectivity index (χ3v) is 7.70. The molecule has 0 bridgehead atoms. The van der Waals surface area contributed by atoms with E-state index in [1.54, 1.807) is 48.3 Å². The van der Waals surface area contributed by atoms with Crippen LogP contribution in [0.5, 0.6) is 0 Å². The van der Waals surface area contributed by atoms with Gasteiger partial charge in [0, 0.05) is 31.2 Å². The second kappa shape index (κ2) is 9.48. The van der Waals surface area contributed by atoms with Gasteiger partial charge >= 0.3 is 0 Å². The van der Waals surface area contributed by atoms with Gasteiger partial charge in [-0.05, 0) is 55.5 Å². The van der Waals surface area contributed by atoms with Gasteiger partial charge in [0.05, 0.1) is 28.2 Å². The second-order valence-corrected chi connectivity index (χ2v) is 10.3. The van der Waals surface area contributed by atoms with Gasteiger partial charge < -0.3 is 9.47 Å². The third kappa shape index (κ3) is 4.51. The number of amides is 1. The van der Waals surface area contributed by atoms with Gasteiger partial charge in [-0.1, -0.05) is 35.9 Å². The van der Waals surface area contributed by atoms with E-state index in [1.165, 1.54) is 19.2 Å². The van der Waals surface area contributed by atoms with E-state index >= 15 is 0 Å². The van der Waals surface area contributed by atoms with Crippen LogP contribution >= 0.6 is 11.6 Å². The number of para-hydroxylation sites is 2. The van der Waals surface area contributed by atoms with Gasteiger partial charge in [-0.15, -0.1) is 0 Å². The number of nitrogens with zero attached hydrogens (tertiary/aromatic N) is 4. The fourth-order valence-corrected chi connectivity index (χ4v) is 5.28. The number of halogens is 1. The molecule has 7 nitrogen and oxygen atoms in total. The minimum atomic E-state index is -3.89. The molecule has 34 heavy (non-hydrogen) atoms. The summed E-state index contributed by atoms with van der Waals surface area (Å²) in [5.74, 6) is 0.473. The van der Waals surface area contributed by atoms with Gasteiger partial charge in [-0.3, -0.25) is 9.10 Å². The van der Waals surface area contributed by atoms with Crippen LogP contribution in [-0.4, -0.2) is 42.9 Å². The summed E-state index contributed by atoms with van der Waals surface area (Å²) < 4.78 is 29.6. The number of hydrogen-bond donors (Lipinski definition) is 0. The summed E-state index contributed by atoms with van der Waals surface area (Å²) in [6.45, 7) is 3.05. The molecule has 0 atom stereocenters. The second-order valence-electron chi connectivity index (χ2n) is 7.90. The van der Waals surface area contributed by atoms with Crippen LogP contribution in [0.3, 0.4) is 0 Å². The van der Waals surface area contributed by atoms with Gasteiger partial charge in [0.2, 0.25) is 0 Å². The molecule has 4 aromatic rings. The SMILES string of the molecule is CCn1c(CN(C)C(=O)c2cccc(S(=O)(=O)N(C)c3cccc(Cl)c3)c2)nc2ccccc21. The van der Waals surface area contributed by atoms with Crippen molar-refractivity contribution in [2.75, 3.05) is 18.4 Å². The van der Waals surface area contributed by atoms with Crippen LogP contribution < -0.4 is 4.31 Å². The number of anilines is 1. The van der Waals surface area contributed by atoms with E-state index in [9.17, 15) is 13.2 Å². The summed E-state index contributed by atoms with van der Waals surface area (Å²) in [5.41, 5.74) is 2.59. The number of hydrogen-bond acceptors (Lipinski definition) is 4. The minimum Gasteiger partial charge on any atom is -0.334 e. The van der Waals surface area contributed by atoms with Crippen LogP contribution in [0.25, 0.3) is 11.0 Å². The molecule has 0 fully saturated rings. The number of sulfonamides is 1. The molecule has 3 aromatic carbocycles. The van der Waals surface area contributed by atoms with Crippen LogP contribution in [-0.2, 0) is 23.1 Å². The first-order valence-corrected chi connectivity index (χ1v) is 12.6. The van der Waals surface area contributed by atoms with Gasteiger partial charge in [-0.2, -0.15) is 0 Å². The summed E-state index contributed by atoms with van der Waals surface area (Å²) in [5, 5.41) is 0.434. The predicted molar refractivity (Wildman–Crippen MR) is 135 cm³/mol. The summed E-state index contributed by atoms with van der Waals surface area (Å²) in [6.07, 6.45) is 0. The maximum Gasteiger partial charge on any atom is 0.264 e. The summed E-state index contributed by atoms with van der Waals surface area (Å²) >= 11 is 6.02. The molecule has 0 saturated carbocycles. The number of imidazole rings is 1. The van der Waals surface area contributed by atoms with Crippen molar-refractivity contribution in [2.45, 2.75) is 24.9 Å². The van der Waals surface area contributed by atoms with E-state index in [-0.39, 0.29) is 16.4 Å². The van der Waals surface area contributed by atoms with Crippen molar-refractivity contribution in [1.29, 1.82) is 0 Å². The molecule has 0 aliphatic heterocycles. The lowest BCUT2D eigenvalue weighted by atomic mass is 10.2. The van der Waals surface area contributed by atoms with E-state index in [0.29, 0.717) is 17.3 Å². The summed E-state index contributed by atoms with van der Waals surface area (Å²) in [7, 11) is -0.753. The zero-order valence-corrected chi connectivity index (χ0v) is 20.7. The Bertz CT molecular complexity index is 1470. The maximum absolute atomic E-state index is 13.2. The zero-order chi connectivity index (χ0) is 24.5. The van der Waals surface area contributed by atoms with Crippen molar-refractivity contribution in [3.63, 3.8) is 0 Å². The molecule has 4 rings (SSSR count). The van der Waals surface area contributed by atoms with E-state index in [2.05, 4.69) is 9.55 Å². The quantitative estimate of drug-likeness (QED) is 0.368. The van der Waals surface area contributed by atoms with Gasteiger partial charge in [0.1, 0.15) is 5.82 Å². The van der Waals surface area contributed by atoms with Gasteiger partial charge in [-0.25, -0.2) is 13.4 Å². The van der Waals surface area contributed by atoms with Crippen molar-refractivity contribution in [1.82, 2.24) is 14.5 Å². The maximum atomic E-state index is 13.2. The monoisotopic (exact) mass is 496 g/mol. The van der Waals surface area contributed by atoms with Crippen molar-refractivity contribution in [3.8, 4) is 0 Å². The first-order valence-electron chi connectivity index (χ1n) is 10.8. The summed E-state index contributed by atoms with van der Waals surface area (Å²) in [4.78, 5) is 19.4. The van der Waals surface area contributed by atoms with Crippen molar-refractivity contribution < 1.29 is 13.2 Å². The molecular formula is C25H25ClN4O3S. The average Bonchev–Trinajstić information content (AvgIpc) is 3.19. The van der Waals surface area contributed by atoms with Crippen molar-refractivity contribution in [3.05, 3.63) is 89.2 Å². The molecule has 0 saturated heterocycles. The van der Waals surface area contributed by atoms with Crippen LogP contribution in [0.1, 0.15) is 23.1 Å². The number of aryl methyl sites for hydroxylation is 1. The molecule has 0 unspecified atom stereocenters. The molecule has 1 heterocycles. The van der Waals surface area contributed by atoms with Gasteiger partial charge in [0.15, 0.2) is 0 Å². The number of rotatable bonds is 7. The Hall–Kier alpha value is -3.36. The Morgan fingerprint density at radius 3 is 2.47 bits per heavy atom. The normalized spacial score (nSPS) is 11.5. The van der Waals surface area contributed by atoms with Crippen LogP contribution in [0.2, 0.25) is 5.02 Å². The molecule has 0 radical (unpaired) electrons. The lowest BCUT2D eigenvalue weighted by Gasteiger charge is -2.21. The molecule has 176 valence electrons. The molecule has 1 amide bonds. The fourth-order valence-electron chi connectivity index (χ4n) is 3.86. The topological polar surface area (TPSA) is 75.5 Å².